The van der Waals surface area contributed by atoms with Crippen LogP contribution in [-0.2, 0) is 0 Å². The van der Waals surface area contributed by atoms with Crippen molar-refractivity contribution in [2.75, 3.05) is 57.7 Å². The average Bonchev–Trinajstić information content (AvgIpc) is 2.68. The molecule has 0 spiro atoms. The Kier molecular flexibility index (Phi) is 5.52. The molecule has 138 valence electrons. The Labute approximate surface area is 152 Å². The summed E-state index contributed by atoms with van der Waals surface area (Å²) in [5.74, 6) is 1.61. The first-order valence-electron chi connectivity index (χ1n) is 8.39. The third-order valence-electron chi connectivity index (χ3n) is 4.37. The fourth-order valence-corrected chi connectivity index (χ4v) is 2.78. The highest BCUT2D eigenvalue weighted by atomic mass is 16.5. The Bertz CT molecular complexity index is 775. The standard InChI is InChI=1S/C18H23N5O3/c1-22-6-8-23(9-7-22)17-11-15(19-12-20-17)18(24)21-14-10-13(25-2)4-5-16(14)26-3/h4-5,10-12H,6-9H2,1-3H3,(H,21,24). The summed E-state index contributed by atoms with van der Waals surface area (Å²) in [7, 11) is 5.21. The van der Waals surface area contributed by atoms with Crippen LogP contribution >= 0.6 is 0 Å². The molecule has 2 aromatic rings. The Hall–Kier alpha value is -2.87. The van der Waals surface area contributed by atoms with Gasteiger partial charge in [-0.3, -0.25) is 4.79 Å². The molecule has 1 amide bonds. The van der Waals surface area contributed by atoms with Crippen LogP contribution in [0.15, 0.2) is 30.6 Å². The number of nitrogens with zero attached hydrogens (tertiary/aromatic N) is 4. The predicted molar refractivity (Wildman–Crippen MR) is 99.2 cm³/mol. The Balaban J connectivity index is 1.77. The number of benzene rings is 1. The van der Waals surface area contributed by atoms with E-state index < -0.39 is 0 Å². The van der Waals surface area contributed by atoms with Gasteiger partial charge in [0, 0.05) is 38.3 Å². The molecular weight excluding hydrogens is 334 g/mol. The van der Waals surface area contributed by atoms with Crippen molar-refractivity contribution in [3.05, 3.63) is 36.3 Å². The molecule has 0 bridgehead atoms. The van der Waals surface area contributed by atoms with E-state index in [1.807, 2.05) is 0 Å². The number of carbonyl (C=O) groups excluding carboxylic acids is 1. The van der Waals surface area contributed by atoms with Crippen LogP contribution in [0.3, 0.4) is 0 Å². The van der Waals surface area contributed by atoms with Crippen molar-refractivity contribution in [1.29, 1.82) is 0 Å². The number of carbonyl (C=O) groups is 1. The number of amides is 1. The van der Waals surface area contributed by atoms with E-state index in [2.05, 4.69) is 32.1 Å². The third-order valence-corrected chi connectivity index (χ3v) is 4.37. The second kappa shape index (κ2) is 8.01. The molecule has 1 aromatic heterocycles. The van der Waals surface area contributed by atoms with Crippen molar-refractivity contribution in [3.8, 4) is 11.5 Å². The summed E-state index contributed by atoms with van der Waals surface area (Å²) in [6.45, 7) is 3.68. The highest BCUT2D eigenvalue weighted by Crippen LogP contribution is 2.29. The lowest BCUT2D eigenvalue weighted by Crippen LogP contribution is -2.44. The van der Waals surface area contributed by atoms with Gasteiger partial charge >= 0.3 is 0 Å². The number of ether oxygens (including phenoxy) is 2. The number of piperazine rings is 1. The second-order valence-electron chi connectivity index (χ2n) is 6.07. The van der Waals surface area contributed by atoms with Gasteiger partial charge in [-0.15, -0.1) is 0 Å². The molecule has 1 N–H and O–H groups in total. The highest BCUT2D eigenvalue weighted by Gasteiger charge is 2.18. The molecule has 1 aliphatic rings. The Morgan fingerprint density at radius 2 is 1.85 bits per heavy atom. The first-order chi connectivity index (χ1) is 12.6. The molecule has 1 fully saturated rings. The molecule has 1 saturated heterocycles. The lowest BCUT2D eigenvalue weighted by molar-refractivity contribution is 0.102. The first-order valence-corrected chi connectivity index (χ1v) is 8.39. The largest absolute Gasteiger partial charge is 0.497 e. The minimum absolute atomic E-state index is 0.304. The van der Waals surface area contributed by atoms with Crippen molar-refractivity contribution in [3.63, 3.8) is 0 Å². The molecule has 26 heavy (non-hydrogen) atoms. The third kappa shape index (κ3) is 4.02. The summed E-state index contributed by atoms with van der Waals surface area (Å²) in [5, 5.41) is 2.83. The molecular formula is C18H23N5O3. The van der Waals surface area contributed by atoms with Gasteiger partial charge in [0.05, 0.1) is 19.9 Å². The van der Waals surface area contributed by atoms with Gasteiger partial charge in [-0.2, -0.15) is 0 Å². The average molecular weight is 357 g/mol. The van der Waals surface area contributed by atoms with E-state index in [0.717, 1.165) is 32.0 Å². The molecule has 0 unspecified atom stereocenters. The number of methoxy groups -OCH3 is 2. The summed E-state index contributed by atoms with van der Waals surface area (Å²) < 4.78 is 10.5. The minimum Gasteiger partial charge on any atom is -0.497 e. The van der Waals surface area contributed by atoms with Crippen LogP contribution in [0.1, 0.15) is 10.5 Å². The summed E-state index contributed by atoms with van der Waals surface area (Å²) >= 11 is 0. The van der Waals surface area contributed by atoms with Gasteiger partial charge in [0.15, 0.2) is 0 Å². The smallest absolute Gasteiger partial charge is 0.274 e. The molecule has 0 saturated carbocycles. The lowest BCUT2D eigenvalue weighted by Gasteiger charge is -2.33. The molecule has 8 nitrogen and oxygen atoms in total. The number of nitrogens with one attached hydrogen (secondary N) is 1. The molecule has 3 rings (SSSR count). The van der Waals surface area contributed by atoms with Gasteiger partial charge in [-0.05, 0) is 19.2 Å². The number of rotatable bonds is 5. The van der Waals surface area contributed by atoms with Crippen LogP contribution in [0.2, 0.25) is 0 Å². The second-order valence-corrected chi connectivity index (χ2v) is 6.07. The molecule has 0 radical (unpaired) electrons. The SMILES string of the molecule is COc1ccc(OC)c(NC(=O)c2cc(N3CCN(C)CC3)ncn2)c1. The van der Waals surface area contributed by atoms with Gasteiger partial charge in [0.1, 0.15) is 29.3 Å². The van der Waals surface area contributed by atoms with E-state index in [-0.39, 0.29) is 5.91 Å². The van der Waals surface area contributed by atoms with Crippen LogP contribution in [-0.4, -0.2) is 68.2 Å². The van der Waals surface area contributed by atoms with Crippen LogP contribution in [0.4, 0.5) is 11.5 Å². The van der Waals surface area contributed by atoms with E-state index >= 15 is 0 Å². The zero-order chi connectivity index (χ0) is 18.5. The first kappa shape index (κ1) is 17.9. The summed E-state index contributed by atoms with van der Waals surface area (Å²) in [6, 6.07) is 6.93. The van der Waals surface area contributed by atoms with Gasteiger partial charge in [-0.25, -0.2) is 9.97 Å². The molecule has 8 heteroatoms. The number of aromatic nitrogens is 2. The molecule has 0 atom stereocenters. The molecule has 1 aliphatic heterocycles. The summed E-state index contributed by atoms with van der Waals surface area (Å²) in [5.41, 5.74) is 0.829. The molecule has 1 aromatic carbocycles. The van der Waals surface area contributed by atoms with Crippen LogP contribution in [0, 0.1) is 0 Å². The topological polar surface area (TPSA) is 79.8 Å². The number of likely N-dealkylation sites (N-methyl/N-ethyl adjacent to an activating group) is 1. The zero-order valence-electron chi connectivity index (χ0n) is 15.2. The maximum atomic E-state index is 12.6. The summed E-state index contributed by atoms with van der Waals surface area (Å²) in [4.78, 5) is 25.5. The van der Waals surface area contributed by atoms with Crippen LogP contribution in [0.5, 0.6) is 11.5 Å². The lowest BCUT2D eigenvalue weighted by atomic mass is 10.2. The Morgan fingerprint density at radius 3 is 2.54 bits per heavy atom. The van der Waals surface area contributed by atoms with E-state index in [9.17, 15) is 4.79 Å². The monoisotopic (exact) mass is 357 g/mol. The van der Waals surface area contributed by atoms with Crippen molar-refractivity contribution in [2.45, 2.75) is 0 Å². The van der Waals surface area contributed by atoms with E-state index in [1.54, 1.807) is 38.5 Å². The molecule has 0 aliphatic carbocycles. The van der Waals surface area contributed by atoms with Gasteiger partial charge in [-0.1, -0.05) is 0 Å². The summed E-state index contributed by atoms with van der Waals surface area (Å²) in [6.07, 6.45) is 1.42. The van der Waals surface area contributed by atoms with Crippen LogP contribution in [0.25, 0.3) is 0 Å². The normalized spacial score (nSPS) is 14.8. The van der Waals surface area contributed by atoms with Gasteiger partial charge in [0.25, 0.3) is 5.91 Å². The predicted octanol–water partition coefficient (Wildman–Crippen LogP) is 1.50. The number of hydrogen-bond acceptors (Lipinski definition) is 7. The van der Waals surface area contributed by atoms with Crippen molar-refractivity contribution in [1.82, 2.24) is 14.9 Å². The number of anilines is 2. The fraction of sp³-hybridized carbons (Fsp3) is 0.389. The van der Waals surface area contributed by atoms with E-state index in [4.69, 9.17) is 9.47 Å². The molecule has 2 heterocycles. The quantitative estimate of drug-likeness (QED) is 0.868. The van der Waals surface area contributed by atoms with Crippen LogP contribution < -0.4 is 19.7 Å². The van der Waals surface area contributed by atoms with Crippen molar-refractivity contribution < 1.29 is 14.3 Å². The van der Waals surface area contributed by atoms with Gasteiger partial charge in [0.2, 0.25) is 0 Å². The maximum absolute atomic E-state index is 12.6. The fourth-order valence-electron chi connectivity index (χ4n) is 2.78. The zero-order valence-corrected chi connectivity index (χ0v) is 15.2. The Morgan fingerprint density at radius 1 is 1.08 bits per heavy atom. The van der Waals surface area contributed by atoms with E-state index in [0.29, 0.717) is 22.9 Å². The number of hydrogen-bond donors (Lipinski definition) is 1. The minimum atomic E-state index is -0.325. The van der Waals surface area contributed by atoms with Gasteiger partial charge < -0.3 is 24.6 Å². The van der Waals surface area contributed by atoms with Crippen molar-refractivity contribution in [2.24, 2.45) is 0 Å². The van der Waals surface area contributed by atoms with Crippen molar-refractivity contribution >= 4 is 17.4 Å². The maximum Gasteiger partial charge on any atom is 0.274 e. The van der Waals surface area contributed by atoms with E-state index in [1.165, 1.54) is 6.33 Å². The highest BCUT2D eigenvalue weighted by molar-refractivity contribution is 6.04.